The van der Waals surface area contributed by atoms with Crippen molar-refractivity contribution in [3.8, 4) is 0 Å². The topological polar surface area (TPSA) is 55.1 Å². The number of nitrogens with two attached hydrogens (primary N) is 1. The van der Waals surface area contributed by atoms with E-state index in [2.05, 4.69) is 21.2 Å². The maximum Gasteiger partial charge on any atom is 0.252 e. The Balaban J connectivity index is 1.96. The lowest BCUT2D eigenvalue weighted by atomic mass is 9.91. The highest BCUT2D eigenvalue weighted by Gasteiger charge is 2.21. The van der Waals surface area contributed by atoms with E-state index in [-0.39, 0.29) is 11.9 Å². The molecule has 2 rings (SSSR count). The maximum absolute atomic E-state index is 12.0. The van der Waals surface area contributed by atoms with Crippen LogP contribution in [0.4, 0.5) is 0 Å². The van der Waals surface area contributed by atoms with E-state index in [1.54, 1.807) is 0 Å². The second-order valence-electron chi connectivity index (χ2n) is 4.57. The molecule has 4 heteroatoms. The van der Waals surface area contributed by atoms with Gasteiger partial charge in [-0.1, -0.05) is 12.1 Å². The average molecular weight is 297 g/mol. The molecule has 1 fully saturated rings. The van der Waals surface area contributed by atoms with Crippen LogP contribution in [0.1, 0.15) is 36.0 Å². The van der Waals surface area contributed by atoms with Gasteiger partial charge in [0.15, 0.2) is 0 Å². The first kappa shape index (κ1) is 12.6. The zero-order chi connectivity index (χ0) is 12.3. The fourth-order valence-corrected chi connectivity index (χ4v) is 2.64. The third-order valence-corrected chi connectivity index (χ3v) is 3.92. The van der Waals surface area contributed by atoms with Crippen LogP contribution in [0.3, 0.4) is 0 Å². The normalized spacial score (nSPS) is 24.4. The van der Waals surface area contributed by atoms with Crippen molar-refractivity contribution < 1.29 is 4.79 Å². The predicted molar refractivity (Wildman–Crippen MR) is 71.8 cm³/mol. The Kier molecular flexibility index (Phi) is 4.18. The van der Waals surface area contributed by atoms with Gasteiger partial charge in [-0.15, -0.1) is 0 Å². The van der Waals surface area contributed by atoms with Gasteiger partial charge in [-0.05, 0) is 53.7 Å². The van der Waals surface area contributed by atoms with Crippen LogP contribution in [0.15, 0.2) is 28.7 Å². The van der Waals surface area contributed by atoms with Crippen LogP contribution in [0.25, 0.3) is 0 Å². The molecule has 0 heterocycles. The Morgan fingerprint density at radius 1 is 1.24 bits per heavy atom. The van der Waals surface area contributed by atoms with E-state index in [0.717, 1.165) is 30.2 Å². The number of benzene rings is 1. The number of carbonyl (C=O) groups excluding carboxylic acids is 1. The largest absolute Gasteiger partial charge is 0.349 e. The molecule has 92 valence electrons. The van der Waals surface area contributed by atoms with Gasteiger partial charge in [0.25, 0.3) is 5.91 Å². The Labute approximate surface area is 110 Å². The van der Waals surface area contributed by atoms with E-state index in [1.165, 1.54) is 0 Å². The summed E-state index contributed by atoms with van der Waals surface area (Å²) in [6.07, 6.45) is 3.97. The van der Waals surface area contributed by atoms with E-state index in [1.807, 2.05) is 24.3 Å². The second kappa shape index (κ2) is 5.65. The van der Waals surface area contributed by atoms with Crippen LogP contribution in [0.5, 0.6) is 0 Å². The summed E-state index contributed by atoms with van der Waals surface area (Å²) in [5, 5.41) is 3.07. The summed E-state index contributed by atoms with van der Waals surface area (Å²) in [4.78, 5) is 12.0. The van der Waals surface area contributed by atoms with Gasteiger partial charge in [0.2, 0.25) is 0 Å². The van der Waals surface area contributed by atoms with Crippen molar-refractivity contribution in [3.05, 3.63) is 34.3 Å². The van der Waals surface area contributed by atoms with E-state index in [4.69, 9.17) is 5.73 Å². The Hall–Kier alpha value is -0.870. The average Bonchev–Trinajstić information content (AvgIpc) is 2.32. The van der Waals surface area contributed by atoms with E-state index in [0.29, 0.717) is 11.6 Å². The van der Waals surface area contributed by atoms with Crippen molar-refractivity contribution in [1.82, 2.24) is 5.32 Å². The Morgan fingerprint density at radius 2 is 1.88 bits per heavy atom. The summed E-state index contributed by atoms with van der Waals surface area (Å²) in [7, 11) is 0. The van der Waals surface area contributed by atoms with Crippen LogP contribution < -0.4 is 11.1 Å². The van der Waals surface area contributed by atoms with E-state index < -0.39 is 0 Å². The molecule has 0 atom stereocenters. The maximum atomic E-state index is 12.0. The number of carbonyl (C=O) groups is 1. The lowest BCUT2D eigenvalue weighted by Gasteiger charge is -2.26. The van der Waals surface area contributed by atoms with Gasteiger partial charge in [-0.25, -0.2) is 0 Å². The molecule has 0 aromatic heterocycles. The quantitative estimate of drug-likeness (QED) is 0.881. The number of hydrogen-bond acceptors (Lipinski definition) is 2. The minimum Gasteiger partial charge on any atom is -0.349 e. The van der Waals surface area contributed by atoms with Gasteiger partial charge >= 0.3 is 0 Å². The molecular formula is C13H17BrN2O. The number of halogens is 1. The number of nitrogens with one attached hydrogen (secondary N) is 1. The zero-order valence-electron chi connectivity index (χ0n) is 9.66. The van der Waals surface area contributed by atoms with Gasteiger partial charge in [0.1, 0.15) is 0 Å². The molecule has 3 N–H and O–H groups in total. The SMILES string of the molecule is NC1CCC(NC(=O)c2ccccc2Br)CC1. The molecule has 0 unspecified atom stereocenters. The van der Waals surface area contributed by atoms with Crippen LogP contribution >= 0.6 is 15.9 Å². The van der Waals surface area contributed by atoms with Crippen LogP contribution in [0, 0.1) is 0 Å². The van der Waals surface area contributed by atoms with Gasteiger partial charge in [0, 0.05) is 16.6 Å². The third kappa shape index (κ3) is 3.30. The molecule has 1 saturated carbocycles. The fourth-order valence-electron chi connectivity index (χ4n) is 2.17. The van der Waals surface area contributed by atoms with E-state index in [9.17, 15) is 4.79 Å². The number of rotatable bonds is 2. The summed E-state index contributed by atoms with van der Waals surface area (Å²) < 4.78 is 0.838. The summed E-state index contributed by atoms with van der Waals surface area (Å²) in [5.74, 6) is -0.00190. The molecule has 0 aliphatic heterocycles. The molecule has 1 aromatic rings. The Bertz CT molecular complexity index is 400. The van der Waals surface area contributed by atoms with Crippen molar-refractivity contribution in [3.63, 3.8) is 0 Å². The molecule has 3 nitrogen and oxygen atoms in total. The van der Waals surface area contributed by atoms with Crippen LogP contribution in [-0.4, -0.2) is 18.0 Å². The summed E-state index contributed by atoms with van der Waals surface area (Å²) in [6, 6.07) is 8.07. The Morgan fingerprint density at radius 3 is 2.53 bits per heavy atom. The van der Waals surface area contributed by atoms with Gasteiger partial charge < -0.3 is 11.1 Å². The van der Waals surface area contributed by atoms with Crippen molar-refractivity contribution in [2.24, 2.45) is 5.73 Å². The smallest absolute Gasteiger partial charge is 0.252 e. The molecule has 0 saturated heterocycles. The van der Waals surface area contributed by atoms with Gasteiger partial charge in [-0.3, -0.25) is 4.79 Å². The molecule has 1 aliphatic rings. The summed E-state index contributed by atoms with van der Waals surface area (Å²) in [6.45, 7) is 0. The van der Waals surface area contributed by atoms with Crippen molar-refractivity contribution in [1.29, 1.82) is 0 Å². The highest BCUT2D eigenvalue weighted by molar-refractivity contribution is 9.10. The fraction of sp³-hybridized carbons (Fsp3) is 0.462. The first-order valence-corrected chi connectivity index (χ1v) is 6.77. The van der Waals surface area contributed by atoms with Gasteiger partial charge in [0.05, 0.1) is 5.56 Å². The van der Waals surface area contributed by atoms with Crippen LogP contribution in [0.2, 0.25) is 0 Å². The first-order valence-electron chi connectivity index (χ1n) is 5.98. The van der Waals surface area contributed by atoms with Crippen molar-refractivity contribution in [2.45, 2.75) is 37.8 Å². The number of amides is 1. The monoisotopic (exact) mass is 296 g/mol. The molecule has 1 aromatic carbocycles. The highest BCUT2D eigenvalue weighted by atomic mass is 79.9. The van der Waals surface area contributed by atoms with Gasteiger partial charge in [-0.2, -0.15) is 0 Å². The highest BCUT2D eigenvalue weighted by Crippen LogP contribution is 2.19. The predicted octanol–water partition coefficient (Wildman–Crippen LogP) is 2.45. The summed E-state index contributed by atoms with van der Waals surface area (Å²) in [5.41, 5.74) is 6.54. The van der Waals surface area contributed by atoms with Crippen molar-refractivity contribution >= 4 is 21.8 Å². The minimum absolute atomic E-state index is 0.00190. The van der Waals surface area contributed by atoms with Crippen LogP contribution in [-0.2, 0) is 0 Å². The molecular weight excluding hydrogens is 280 g/mol. The third-order valence-electron chi connectivity index (χ3n) is 3.23. The van der Waals surface area contributed by atoms with E-state index >= 15 is 0 Å². The lowest BCUT2D eigenvalue weighted by Crippen LogP contribution is -2.40. The van der Waals surface area contributed by atoms with Crippen molar-refractivity contribution in [2.75, 3.05) is 0 Å². The standard InChI is InChI=1S/C13H17BrN2O/c14-12-4-2-1-3-11(12)13(17)16-10-7-5-9(15)6-8-10/h1-4,9-10H,5-8,15H2,(H,16,17). The first-order chi connectivity index (χ1) is 8.16. The zero-order valence-corrected chi connectivity index (χ0v) is 11.2. The minimum atomic E-state index is -0.00190. The summed E-state index contributed by atoms with van der Waals surface area (Å²) >= 11 is 3.39. The molecule has 1 aliphatic carbocycles. The molecule has 1 amide bonds. The molecule has 17 heavy (non-hydrogen) atoms. The second-order valence-corrected chi connectivity index (χ2v) is 5.42. The molecule has 0 bridgehead atoms. The lowest BCUT2D eigenvalue weighted by molar-refractivity contribution is 0.0925. The molecule has 0 spiro atoms. The number of hydrogen-bond donors (Lipinski definition) is 2. The molecule has 0 radical (unpaired) electrons.